The van der Waals surface area contributed by atoms with Gasteiger partial charge in [-0.2, -0.15) is 5.10 Å². The van der Waals surface area contributed by atoms with E-state index >= 15 is 0 Å². The molecule has 1 aromatic carbocycles. The summed E-state index contributed by atoms with van der Waals surface area (Å²) >= 11 is 6.20. The van der Waals surface area contributed by atoms with Crippen LogP contribution >= 0.6 is 11.6 Å². The van der Waals surface area contributed by atoms with Crippen LogP contribution in [0, 0.1) is 13.8 Å². The first-order valence-corrected chi connectivity index (χ1v) is 9.15. The Morgan fingerprint density at radius 3 is 2.60 bits per heavy atom. The first-order valence-electron chi connectivity index (χ1n) is 8.77. The van der Waals surface area contributed by atoms with Crippen LogP contribution in [0.15, 0.2) is 29.3 Å². The molecule has 6 heteroatoms. The molecule has 2 N–H and O–H groups in total. The molecule has 25 heavy (non-hydrogen) atoms. The van der Waals surface area contributed by atoms with Gasteiger partial charge in [-0.25, -0.2) is 0 Å². The Kier molecular flexibility index (Phi) is 7.31. The SMILES string of the molecule is CCNC(=NCCc1c(C)nn(C)c1C)NCCc1ccccc1Cl. The van der Waals surface area contributed by atoms with E-state index in [1.54, 1.807) is 0 Å². The van der Waals surface area contributed by atoms with Crippen molar-refractivity contribution in [2.24, 2.45) is 12.0 Å². The number of nitrogens with one attached hydrogen (secondary N) is 2. The zero-order valence-corrected chi connectivity index (χ0v) is 16.3. The lowest BCUT2D eigenvalue weighted by Crippen LogP contribution is -2.38. The minimum Gasteiger partial charge on any atom is -0.357 e. The van der Waals surface area contributed by atoms with E-state index in [0.717, 1.165) is 54.7 Å². The van der Waals surface area contributed by atoms with Crippen LogP contribution in [-0.4, -0.2) is 35.4 Å². The van der Waals surface area contributed by atoms with E-state index in [4.69, 9.17) is 11.6 Å². The molecule has 0 spiro atoms. The maximum absolute atomic E-state index is 6.20. The smallest absolute Gasteiger partial charge is 0.191 e. The van der Waals surface area contributed by atoms with Crippen molar-refractivity contribution >= 4 is 17.6 Å². The number of hydrogen-bond acceptors (Lipinski definition) is 2. The van der Waals surface area contributed by atoms with Gasteiger partial charge in [0.15, 0.2) is 5.96 Å². The van der Waals surface area contributed by atoms with E-state index in [-0.39, 0.29) is 0 Å². The summed E-state index contributed by atoms with van der Waals surface area (Å²) in [6, 6.07) is 7.95. The van der Waals surface area contributed by atoms with Gasteiger partial charge in [-0.15, -0.1) is 0 Å². The molecule has 0 fully saturated rings. The highest BCUT2D eigenvalue weighted by Gasteiger charge is 2.08. The Balaban J connectivity index is 1.88. The van der Waals surface area contributed by atoms with Crippen LogP contribution < -0.4 is 10.6 Å². The lowest BCUT2D eigenvalue weighted by atomic mass is 10.1. The van der Waals surface area contributed by atoms with Gasteiger partial charge >= 0.3 is 0 Å². The van der Waals surface area contributed by atoms with Crippen LogP contribution in [0.4, 0.5) is 0 Å². The summed E-state index contributed by atoms with van der Waals surface area (Å²) < 4.78 is 1.93. The second-order valence-electron chi connectivity index (χ2n) is 6.05. The van der Waals surface area contributed by atoms with Crippen LogP contribution in [0.25, 0.3) is 0 Å². The quantitative estimate of drug-likeness (QED) is 0.588. The fraction of sp³-hybridized carbons (Fsp3) is 0.474. The van der Waals surface area contributed by atoms with Crippen molar-refractivity contribution in [2.75, 3.05) is 19.6 Å². The Morgan fingerprint density at radius 1 is 1.20 bits per heavy atom. The largest absolute Gasteiger partial charge is 0.357 e. The molecule has 0 aliphatic carbocycles. The Labute approximate surface area is 155 Å². The van der Waals surface area contributed by atoms with Crippen molar-refractivity contribution in [3.63, 3.8) is 0 Å². The molecular formula is C19H28ClN5. The second kappa shape index (κ2) is 9.47. The number of rotatable bonds is 7. The van der Waals surface area contributed by atoms with Crippen molar-refractivity contribution in [2.45, 2.75) is 33.6 Å². The van der Waals surface area contributed by atoms with Crippen molar-refractivity contribution in [3.05, 3.63) is 51.8 Å². The molecule has 1 heterocycles. The number of halogens is 1. The summed E-state index contributed by atoms with van der Waals surface area (Å²) in [5.41, 5.74) is 4.74. The minimum absolute atomic E-state index is 0.731. The minimum atomic E-state index is 0.731. The summed E-state index contributed by atoms with van der Waals surface area (Å²) in [6.07, 6.45) is 1.76. The zero-order valence-electron chi connectivity index (χ0n) is 15.6. The fourth-order valence-electron chi connectivity index (χ4n) is 2.82. The van der Waals surface area contributed by atoms with E-state index in [2.05, 4.69) is 47.6 Å². The molecule has 0 amide bonds. The Bertz CT molecular complexity index is 721. The molecule has 0 aliphatic rings. The maximum Gasteiger partial charge on any atom is 0.191 e. The molecule has 136 valence electrons. The summed E-state index contributed by atoms with van der Waals surface area (Å²) in [5.74, 6) is 0.841. The number of aliphatic imine (C=N–C) groups is 1. The van der Waals surface area contributed by atoms with Gasteiger partial charge in [0.2, 0.25) is 0 Å². The summed E-state index contributed by atoms with van der Waals surface area (Å²) in [6.45, 7) is 8.59. The first-order chi connectivity index (χ1) is 12.0. The zero-order chi connectivity index (χ0) is 18.2. The van der Waals surface area contributed by atoms with Gasteiger partial charge in [-0.1, -0.05) is 29.8 Å². The predicted molar refractivity (Wildman–Crippen MR) is 106 cm³/mol. The highest BCUT2D eigenvalue weighted by atomic mass is 35.5. The van der Waals surface area contributed by atoms with Crippen molar-refractivity contribution < 1.29 is 0 Å². The summed E-state index contributed by atoms with van der Waals surface area (Å²) in [5, 5.41) is 11.9. The van der Waals surface area contributed by atoms with Crippen LogP contribution in [0.2, 0.25) is 5.02 Å². The molecule has 2 rings (SSSR count). The fourth-order valence-corrected chi connectivity index (χ4v) is 3.05. The monoisotopic (exact) mass is 361 g/mol. The normalized spacial score (nSPS) is 11.6. The summed E-state index contributed by atoms with van der Waals surface area (Å²) in [7, 11) is 1.98. The van der Waals surface area contributed by atoms with Crippen LogP contribution in [0.3, 0.4) is 0 Å². The van der Waals surface area contributed by atoms with E-state index < -0.39 is 0 Å². The van der Waals surface area contributed by atoms with Crippen LogP contribution in [0.1, 0.15) is 29.4 Å². The van der Waals surface area contributed by atoms with Gasteiger partial charge in [-0.3, -0.25) is 9.67 Å². The molecule has 2 aromatic rings. The molecule has 0 atom stereocenters. The maximum atomic E-state index is 6.20. The predicted octanol–water partition coefficient (Wildman–Crippen LogP) is 3.03. The number of hydrogen-bond donors (Lipinski definition) is 2. The number of aryl methyl sites for hydroxylation is 2. The molecule has 0 aliphatic heterocycles. The third-order valence-corrected chi connectivity index (χ3v) is 4.65. The number of guanidine groups is 1. The molecule has 0 bridgehead atoms. The number of benzene rings is 1. The molecule has 5 nitrogen and oxygen atoms in total. The number of nitrogens with zero attached hydrogens (tertiary/aromatic N) is 3. The summed E-state index contributed by atoms with van der Waals surface area (Å²) in [4.78, 5) is 4.68. The molecular weight excluding hydrogens is 334 g/mol. The van der Waals surface area contributed by atoms with E-state index in [1.807, 2.05) is 29.9 Å². The van der Waals surface area contributed by atoms with Gasteiger partial charge in [0.1, 0.15) is 0 Å². The number of aromatic nitrogens is 2. The molecule has 1 aromatic heterocycles. The van der Waals surface area contributed by atoms with Gasteiger partial charge in [0.05, 0.1) is 5.69 Å². The first kappa shape index (κ1) is 19.3. The Morgan fingerprint density at radius 2 is 1.96 bits per heavy atom. The lowest BCUT2D eigenvalue weighted by Gasteiger charge is -2.12. The lowest BCUT2D eigenvalue weighted by molar-refractivity contribution is 0.729. The van der Waals surface area contributed by atoms with Gasteiger partial charge in [0.25, 0.3) is 0 Å². The van der Waals surface area contributed by atoms with Gasteiger partial charge < -0.3 is 10.6 Å². The third-order valence-electron chi connectivity index (χ3n) is 4.28. The van der Waals surface area contributed by atoms with E-state index in [1.165, 1.54) is 11.3 Å². The van der Waals surface area contributed by atoms with E-state index in [0.29, 0.717) is 0 Å². The van der Waals surface area contributed by atoms with Crippen molar-refractivity contribution in [3.8, 4) is 0 Å². The highest BCUT2D eigenvalue weighted by molar-refractivity contribution is 6.31. The molecule has 0 unspecified atom stereocenters. The van der Waals surface area contributed by atoms with E-state index in [9.17, 15) is 0 Å². The topological polar surface area (TPSA) is 54.2 Å². The molecule has 0 saturated heterocycles. The third kappa shape index (κ3) is 5.49. The standard InChI is InChI=1S/C19H28ClN5/c1-5-21-19(22-12-10-16-8-6-7-9-18(16)20)23-13-11-17-14(2)24-25(4)15(17)3/h6-9H,5,10-13H2,1-4H3,(H2,21,22,23). The Hall–Kier alpha value is -2.01. The molecule has 0 saturated carbocycles. The van der Waals surface area contributed by atoms with Gasteiger partial charge in [-0.05, 0) is 50.8 Å². The average molecular weight is 362 g/mol. The average Bonchev–Trinajstić information content (AvgIpc) is 2.82. The highest BCUT2D eigenvalue weighted by Crippen LogP contribution is 2.15. The van der Waals surface area contributed by atoms with Crippen molar-refractivity contribution in [1.82, 2.24) is 20.4 Å². The van der Waals surface area contributed by atoms with Gasteiger partial charge in [0, 0.05) is 37.4 Å². The molecule has 0 radical (unpaired) electrons. The van der Waals surface area contributed by atoms with Crippen molar-refractivity contribution in [1.29, 1.82) is 0 Å². The second-order valence-corrected chi connectivity index (χ2v) is 6.46. The van der Waals surface area contributed by atoms with Crippen LogP contribution in [0.5, 0.6) is 0 Å². The van der Waals surface area contributed by atoms with Crippen LogP contribution in [-0.2, 0) is 19.9 Å².